The van der Waals surface area contributed by atoms with Crippen LogP contribution in [-0.2, 0) is 10.3 Å². The van der Waals surface area contributed by atoms with E-state index in [1.807, 2.05) is 12.4 Å². The highest BCUT2D eigenvalue weighted by Gasteiger charge is 2.38. The van der Waals surface area contributed by atoms with Crippen LogP contribution in [0, 0.1) is 0 Å². The molecule has 2 heterocycles. The van der Waals surface area contributed by atoms with Crippen LogP contribution in [0.3, 0.4) is 0 Å². The lowest BCUT2D eigenvalue weighted by Crippen LogP contribution is -2.43. The fourth-order valence-electron chi connectivity index (χ4n) is 2.36. The molecule has 2 rings (SSSR count). The van der Waals surface area contributed by atoms with Crippen molar-refractivity contribution in [2.24, 2.45) is 0 Å². The van der Waals surface area contributed by atoms with Crippen molar-refractivity contribution in [3.8, 4) is 0 Å². The van der Waals surface area contributed by atoms with Gasteiger partial charge in [-0.25, -0.2) is 4.98 Å². The molecule has 1 aromatic rings. The molecule has 1 fully saturated rings. The van der Waals surface area contributed by atoms with Crippen molar-refractivity contribution in [1.29, 1.82) is 0 Å². The highest BCUT2D eigenvalue weighted by molar-refractivity contribution is 5.05. The smallest absolute Gasteiger partial charge is 0.138 e. The number of likely N-dealkylation sites (tertiary alicyclic amines) is 1. The first-order valence-electron chi connectivity index (χ1n) is 6.59. The Balaban J connectivity index is 2.06. The van der Waals surface area contributed by atoms with Gasteiger partial charge in [0.05, 0.1) is 0 Å². The molecule has 0 amide bonds. The van der Waals surface area contributed by atoms with Gasteiger partial charge < -0.3 is 14.6 Å². The number of rotatable bonds is 5. The largest absolute Gasteiger partial charge is 0.367 e. The Kier molecular flexibility index (Phi) is 4.18. The summed E-state index contributed by atoms with van der Waals surface area (Å²) in [5.74, 6) is 1.00. The molecule has 96 valence electrons. The number of ether oxygens (including phenoxy) is 1. The van der Waals surface area contributed by atoms with Gasteiger partial charge in [0.1, 0.15) is 11.4 Å². The van der Waals surface area contributed by atoms with Crippen LogP contribution in [-0.4, -0.2) is 41.6 Å². The van der Waals surface area contributed by atoms with E-state index in [1.54, 1.807) is 0 Å². The van der Waals surface area contributed by atoms with E-state index >= 15 is 0 Å². The lowest BCUT2D eigenvalue weighted by Gasteiger charge is -2.39. The highest BCUT2D eigenvalue weighted by Crippen LogP contribution is 2.34. The second-order valence-electron chi connectivity index (χ2n) is 4.94. The first kappa shape index (κ1) is 12.6. The summed E-state index contributed by atoms with van der Waals surface area (Å²) in [6, 6.07) is 0. The Labute approximate surface area is 103 Å². The average Bonchev–Trinajstić information content (AvgIpc) is 2.87. The third kappa shape index (κ3) is 2.87. The molecule has 4 heteroatoms. The molecule has 1 aliphatic rings. The molecule has 4 nitrogen and oxygen atoms in total. The van der Waals surface area contributed by atoms with Gasteiger partial charge in [0, 0.05) is 32.1 Å². The van der Waals surface area contributed by atoms with Crippen molar-refractivity contribution < 1.29 is 4.74 Å². The molecular weight excluding hydrogens is 214 g/mol. The first-order valence-corrected chi connectivity index (χ1v) is 6.59. The normalized spacial score (nSPS) is 20.6. The molecule has 1 aromatic heterocycles. The number of piperidine rings is 1. The van der Waals surface area contributed by atoms with Crippen LogP contribution < -0.4 is 0 Å². The monoisotopic (exact) mass is 237 g/mol. The van der Waals surface area contributed by atoms with Crippen molar-refractivity contribution >= 4 is 0 Å². The summed E-state index contributed by atoms with van der Waals surface area (Å²) in [7, 11) is 2.16. The quantitative estimate of drug-likeness (QED) is 0.798. The Morgan fingerprint density at radius 1 is 1.47 bits per heavy atom. The van der Waals surface area contributed by atoms with Gasteiger partial charge in [-0.1, -0.05) is 13.3 Å². The van der Waals surface area contributed by atoms with E-state index in [2.05, 4.69) is 28.8 Å². The van der Waals surface area contributed by atoms with Gasteiger partial charge >= 0.3 is 0 Å². The Morgan fingerprint density at radius 3 is 2.82 bits per heavy atom. The van der Waals surface area contributed by atoms with Gasteiger partial charge in [-0.3, -0.25) is 0 Å². The van der Waals surface area contributed by atoms with Gasteiger partial charge in [-0.15, -0.1) is 0 Å². The molecule has 0 atom stereocenters. The molecule has 0 bridgehead atoms. The van der Waals surface area contributed by atoms with E-state index < -0.39 is 0 Å². The minimum absolute atomic E-state index is 0.175. The summed E-state index contributed by atoms with van der Waals surface area (Å²) in [6.45, 7) is 5.18. The predicted octanol–water partition coefficient (Wildman–Crippen LogP) is 2.15. The van der Waals surface area contributed by atoms with Crippen molar-refractivity contribution in [2.75, 3.05) is 26.7 Å². The molecule has 0 unspecified atom stereocenters. The maximum absolute atomic E-state index is 6.18. The number of nitrogens with zero attached hydrogens (tertiary/aromatic N) is 2. The highest BCUT2D eigenvalue weighted by atomic mass is 16.5. The summed E-state index contributed by atoms with van der Waals surface area (Å²) in [5.41, 5.74) is -0.175. The zero-order valence-corrected chi connectivity index (χ0v) is 10.9. The standard InChI is InChI=1S/C13H23N3O/c1-3-4-11-17-13(12-14-7-8-15-12)5-9-16(2)10-6-13/h7-8H,3-6,9-11H2,1-2H3,(H,14,15). The van der Waals surface area contributed by atoms with Gasteiger partial charge in [-0.05, 0) is 26.3 Å². The second kappa shape index (κ2) is 5.65. The van der Waals surface area contributed by atoms with Crippen molar-refractivity contribution in [3.63, 3.8) is 0 Å². The minimum atomic E-state index is -0.175. The molecule has 1 aliphatic heterocycles. The Morgan fingerprint density at radius 2 is 2.24 bits per heavy atom. The third-order valence-corrected chi connectivity index (χ3v) is 3.60. The molecule has 0 saturated carbocycles. The third-order valence-electron chi connectivity index (χ3n) is 3.60. The number of hydrogen-bond acceptors (Lipinski definition) is 3. The zero-order valence-electron chi connectivity index (χ0n) is 10.9. The number of aromatic nitrogens is 2. The van der Waals surface area contributed by atoms with Crippen molar-refractivity contribution in [1.82, 2.24) is 14.9 Å². The number of unbranched alkanes of at least 4 members (excludes halogenated alkanes) is 1. The fourth-order valence-corrected chi connectivity index (χ4v) is 2.36. The van der Waals surface area contributed by atoms with Crippen LogP contribution in [0.4, 0.5) is 0 Å². The van der Waals surface area contributed by atoms with Gasteiger partial charge in [0.2, 0.25) is 0 Å². The molecule has 17 heavy (non-hydrogen) atoms. The van der Waals surface area contributed by atoms with E-state index in [9.17, 15) is 0 Å². The Hall–Kier alpha value is -0.870. The molecule has 0 spiro atoms. The van der Waals surface area contributed by atoms with Gasteiger partial charge in [0.15, 0.2) is 0 Å². The number of hydrogen-bond donors (Lipinski definition) is 1. The second-order valence-corrected chi connectivity index (χ2v) is 4.94. The van der Waals surface area contributed by atoms with Crippen LogP contribution in [0.2, 0.25) is 0 Å². The summed E-state index contributed by atoms with van der Waals surface area (Å²) in [4.78, 5) is 10.0. The zero-order chi connectivity index (χ0) is 12.1. The van der Waals surface area contributed by atoms with Crippen LogP contribution in [0.15, 0.2) is 12.4 Å². The van der Waals surface area contributed by atoms with Gasteiger partial charge in [0.25, 0.3) is 0 Å². The molecule has 0 aliphatic carbocycles. The van der Waals surface area contributed by atoms with Crippen LogP contribution in [0.5, 0.6) is 0 Å². The maximum atomic E-state index is 6.18. The Bertz CT molecular complexity index is 315. The van der Waals surface area contributed by atoms with Crippen LogP contribution >= 0.6 is 0 Å². The van der Waals surface area contributed by atoms with Gasteiger partial charge in [-0.2, -0.15) is 0 Å². The molecule has 1 N–H and O–H groups in total. The summed E-state index contributed by atoms with van der Waals surface area (Å²) in [6.07, 6.45) is 8.06. The van der Waals surface area contributed by atoms with E-state index in [-0.39, 0.29) is 5.60 Å². The van der Waals surface area contributed by atoms with Crippen molar-refractivity contribution in [3.05, 3.63) is 18.2 Å². The minimum Gasteiger partial charge on any atom is -0.367 e. The number of nitrogens with one attached hydrogen (secondary N) is 1. The molecular formula is C13H23N3O. The topological polar surface area (TPSA) is 41.1 Å². The molecule has 0 radical (unpaired) electrons. The SMILES string of the molecule is CCCCOC1(c2ncc[nH]2)CCN(C)CC1. The number of H-pyrrole nitrogens is 1. The lowest BCUT2D eigenvalue weighted by molar-refractivity contribution is -0.0930. The average molecular weight is 237 g/mol. The van der Waals surface area contributed by atoms with E-state index in [4.69, 9.17) is 4.74 Å². The molecule has 0 aromatic carbocycles. The molecule has 1 saturated heterocycles. The van der Waals surface area contributed by atoms with Crippen molar-refractivity contribution in [2.45, 2.75) is 38.2 Å². The van der Waals surface area contributed by atoms with E-state index in [0.717, 1.165) is 44.8 Å². The number of imidazole rings is 1. The maximum Gasteiger partial charge on any atom is 0.138 e. The fraction of sp³-hybridized carbons (Fsp3) is 0.769. The predicted molar refractivity (Wildman–Crippen MR) is 67.9 cm³/mol. The summed E-state index contributed by atoms with van der Waals surface area (Å²) < 4.78 is 6.18. The van der Waals surface area contributed by atoms with Crippen LogP contribution in [0.1, 0.15) is 38.4 Å². The van der Waals surface area contributed by atoms with E-state index in [1.165, 1.54) is 6.42 Å². The lowest BCUT2D eigenvalue weighted by atomic mass is 9.90. The van der Waals surface area contributed by atoms with Crippen LogP contribution in [0.25, 0.3) is 0 Å². The summed E-state index contributed by atoms with van der Waals surface area (Å²) in [5, 5.41) is 0. The first-order chi connectivity index (χ1) is 8.27. The number of aromatic amines is 1. The summed E-state index contributed by atoms with van der Waals surface area (Å²) >= 11 is 0. The van der Waals surface area contributed by atoms with E-state index in [0.29, 0.717) is 0 Å².